The Labute approximate surface area is 152 Å². The lowest BCUT2D eigenvalue weighted by Gasteiger charge is -2.13. The Balaban J connectivity index is 1.97. The minimum absolute atomic E-state index is 0.139. The number of thioether (sulfide) groups is 1. The van der Waals surface area contributed by atoms with Crippen molar-refractivity contribution in [2.75, 3.05) is 10.6 Å². The number of hydrogen-bond donors (Lipinski definition) is 2. The van der Waals surface area contributed by atoms with Gasteiger partial charge in [0.25, 0.3) is 0 Å². The van der Waals surface area contributed by atoms with E-state index in [2.05, 4.69) is 26.6 Å². The van der Waals surface area contributed by atoms with E-state index >= 15 is 0 Å². The third-order valence-corrected chi connectivity index (χ3v) is 4.65. The maximum atomic E-state index is 13.8. The molecule has 7 heteroatoms. The molecule has 2 N–H and O–H groups in total. The maximum Gasteiger partial charge on any atom is 0.237 e. The second-order valence-corrected chi connectivity index (χ2v) is 7.41. The van der Waals surface area contributed by atoms with Crippen molar-refractivity contribution in [2.45, 2.75) is 24.0 Å². The van der Waals surface area contributed by atoms with Gasteiger partial charge in [-0.15, -0.1) is 11.8 Å². The van der Waals surface area contributed by atoms with Crippen molar-refractivity contribution in [3.63, 3.8) is 0 Å². The third-order valence-electron chi connectivity index (χ3n) is 3.05. The zero-order valence-electron chi connectivity index (χ0n) is 13.1. The van der Waals surface area contributed by atoms with Gasteiger partial charge in [0.15, 0.2) is 0 Å². The molecular weight excluding hydrogens is 395 g/mol. The number of hydrogen-bond acceptors (Lipinski definition) is 3. The van der Waals surface area contributed by atoms with Gasteiger partial charge in [0.2, 0.25) is 11.8 Å². The van der Waals surface area contributed by atoms with E-state index in [0.29, 0.717) is 10.2 Å². The molecule has 0 radical (unpaired) electrons. The Bertz CT molecular complexity index is 753. The molecular formula is C17H16BrFN2O2S. The Morgan fingerprint density at radius 1 is 1.12 bits per heavy atom. The maximum absolute atomic E-state index is 13.8. The Kier molecular flexibility index (Phi) is 6.39. The van der Waals surface area contributed by atoms with Crippen LogP contribution < -0.4 is 10.6 Å². The van der Waals surface area contributed by atoms with Gasteiger partial charge in [0, 0.05) is 22.0 Å². The van der Waals surface area contributed by atoms with E-state index in [1.54, 1.807) is 25.1 Å². The number of rotatable bonds is 5. The molecule has 2 rings (SSSR count). The molecule has 0 heterocycles. The van der Waals surface area contributed by atoms with E-state index in [0.717, 1.165) is 4.90 Å². The molecule has 0 spiro atoms. The first-order valence-corrected chi connectivity index (χ1v) is 8.82. The lowest BCUT2D eigenvalue weighted by Crippen LogP contribution is -2.22. The summed E-state index contributed by atoms with van der Waals surface area (Å²) in [4.78, 5) is 24.1. The number of anilines is 2. The summed E-state index contributed by atoms with van der Waals surface area (Å²) in [7, 11) is 0. The second kappa shape index (κ2) is 8.30. The molecule has 0 aliphatic carbocycles. The van der Waals surface area contributed by atoms with Crippen LogP contribution in [0.25, 0.3) is 0 Å². The van der Waals surface area contributed by atoms with E-state index in [1.807, 2.05) is 12.1 Å². The summed E-state index contributed by atoms with van der Waals surface area (Å²) in [6, 6.07) is 11.6. The van der Waals surface area contributed by atoms with Gasteiger partial charge in [-0.25, -0.2) is 4.39 Å². The standard InChI is InChI=1S/C17H16BrFN2O2S/c1-10(17(23)21-16-8-3-12(18)9-15(16)19)24-14-6-4-13(5-7-14)20-11(2)22/h3-10H,1-2H3,(H,20,22)(H,21,23). The van der Waals surface area contributed by atoms with Crippen molar-refractivity contribution in [2.24, 2.45) is 0 Å². The highest BCUT2D eigenvalue weighted by Gasteiger charge is 2.16. The van der Waals surface area contributed by atoms with Gasteiger partial charge in [-0.3, -0.25) is 9.59 Å². The van der Waals surface area contributed by atoms with Crippen LogP contribution in [0.3, 0.4) is 0 Å². The Morgan fingerprint density at radius 3 is 2.38 bits per heavy atom. The first-order chi connectivity index (χ1) is 11.3. The van der Waals surface area contributed by atoms with Crippen molar-refractivity contribution in [3.8, 4) is 0 Å². The van der Waals surface area contributed by atoms with Crippen molar-refractivity contribution in [3.05, 3.63) is 52.8 Å². The summed E-state index contributed by atoms with van der Waals surface area (Å²) in [6.45, 7) is 3.19. The predicted octanol–water partition coefficient (Wildman–Crippen LogP) is 4.67. The molecule has 0 bridgehead atoms. The van der Waals surface area contributed by atoms with Crippen LogP contribution in [0.5, 0.6) is 0 Å². The topological polar surface area (TPSA) is 58.2 Å². The van der Waals surface area contributed by atoms with Crippen molar-refractivity contribution in [1.82, 2.24) is 0 Å². The number of carbonyl (C=O) groups is 2. The van der Waals surface area contributed by atoms with E-state index in [1.165, 1.54) is 30.8 Å². The first-order valence-electron chi connectivity index (χ1n) is 7.15. The second-order valence-electron chi connectivity index (χ2n) is 5.08. The minimum atomic E-state index is -0.491. The van der Waals surface area contributed by atoms with Crippen molar-refractivity contribution in [1.29, 1.82) is 0 Å². The van der Waals surface area contributed by atoms with Crippen LogP contribution in [-0.4, -0.2) is 17.1 Å². The van der Waals surface area contributed by atoms with Gasteiger partial charge in [-0.2, -0.15) is 0 Å². The monoisotopic (exact) mass is 410 g/mol. The van der Waals surface area contributed by atoms with Crippen molar-refractivity contribution >= 4 is 50.9 Å². The average molecular weight is 411 g/mol. The lowest BCUT2D eigenvalue weighted by atomic mass is 10.3. The van der Waals surface area contributed by atoms with Crippen LogP contribution in [0.2, 0.25) is 0 Å². The zero-order valence-corrected chi connectivity index (χ0v) is 15.5. The highest BCUT2D eigenvalue weighted by molar-refractivity contribution is 9.10. The molecule has 1 unspecified atom stereocenters. The number of amides is 2. The number of carbonyl (C=O) groups excluding carboxylic acids is 2. The quantitative estimate of drug-likeness (QED) is 0.704. The van der Waals surface area contributed by atoms with Crippen LogP contribution in [0, 0.1) is 5.82 Å². The van der Waals surface area contributed by atoms with Crippen LogP contribution in [0.4, 0.5) is 15.8 Å². The molecule has 0 saturated heterocycles. The minimum Gasteiger partial charge on any atom is -0.326 e. The zero-order chi connectivity index (χ0) is 17.7. The molecule has 0 fully saturated rings. The first kappa shape index (κ1) is 18.5. The van der Waals surface area contributed by atoms with Crippen LogP contribution in [0.1, 0.15) is 13.8 Å². The summed E-state index contributed by atoms with van der Waals surface area (Å²) >= 11 is 4.52. The summed E-state index contributed by atoms with van der Waals surface area (Å²) in [5, 5.41) is 4.86. The highest BCUT2D eigenvalue weighted by Crippen LogP contribution is 2.26. The Morgan fingerprint density at radius 2 is 1.79 bits per heavy atom. The predicted molar refractivity (Wildman–Crippen MR) is 98.8 cm³/mol. The molecule has 0 aliphatic rings. The number of nitrogens with one attached hydrogen (secondary N) is 2. The van der Waals surface area contributed by atoms with Crippen LogP contribution in [0.15, 0.2) is 51.8 Å². The molecule has 2 amide bonds. The number of benzene rings is 2. The average Bonchev–Trinajstić information content (AvgIpc) is 2.51. The molecule has 0 saturated carbocycles. The fraction of sp³-hybridized carbons (Fsp3) is 0.176. The molecule has 0 aliphatic heterocycles. The van der Waals surface area contributed by atoms with Gasteiger partial charge in [-0.1, -0.05) is 15.9 Å². The summed E-state index contributed by atoms with van der Waals surface area (Å²) < 4.78 is 14.4. The van der Waals surface area contributed by atoms with Gasteiger partial charge in [-0.05, 0) is 49.4 Å². The summed E-state index contributed by atoms with van der Waals surface area (Å²) in [6.07, 6.45) is 0. The van der Waals surface area contributed by atoms with Crippen LogP contribution in [-0.2, 0) is 9.59 Å². The summed E-state index contributed by atoms with van der Waals surface area (Å²) in [5.41, 5.74) is 0.845. The fourth-order valence-corrected chi connectivity index (χ4v) is 3.10. The van der Waals surface area contributed by atoms with Gasteiger partial charge >= 0.3 is 0 Å². The molecule has 24 heavy (non-hydrogen) atoms. The number of halogens is 2. The molecule has 1 atom stereocenters. The smallest absolute Gasteiger partial charge is 0.237 e. The molecule has 126 valence electrons. The summed E-state index contributed by atoms with van der Waals surface area (Å²) in [5.74, 6) is -0.915. The Hall–Kier alpha value is -1.86. The molecule has 2 aromatic rings. The highest BCUT2D eigenvalue weighted by atomic mass is 79.9. The SMILES string of the molecule is CC(=O)Nc1ccc(SC(C)C(=O)Nc2ccc(Br)cc2F)cc1. The lowest BCUT2D eigenvalue weighted by molar-refractivity contribution is -0.115. The van der Waals surface area contributed by atoms with E-state index in [4.69, 9.17) is 0 Å². The van der Waals surface area contributed by atoms with Gasteiger partial charge in [0.1, 0.15) is 5.82 Å². The molecule has 2 aromatic carbocycles. The molecule has 4 nitrogen and oxygen atoms in total. The fourth-order valence-electron chi connectivity index (χ4n) is 1.90. The van der Waals surface area contributed by atoms with Crippen molar-refractivity contribution < 1.29 is 14.0 Å². The normalized spacial score (nSPS) is 11.7. The van der Waals surface area contributed by atoms with E-state index < -0.39 is 11.1 Å². The third kappa shape index (κ3) is 5.35. The molecule has 0 aromatic heterocycles. The van der Waals surface area contributed by atoms with Gasteiger partial charge in [0.05, 0.1) is 10.9 Å². The van der Waals surface area contributed by atoms with Crippen LogP contribution >= 0.6 is 27.7 Å². The van der Waals surface area contributed by atoms with E-state index in [-0.39, 0.29) is 17.5 Å². The largest absolute Gasteiger partial charge is 0.326 e. The van der Waals surface area contributed by atoms with E-state index in [9.17, 15) is 14.0 Å². The van der Waals surface area contributed by atoms with Gasteiger partial charge < -0.3 is 10.6 Å².